The van der Waals surface area contributed by atoms with Crippen molar-refractivity contribution in [2.24, 2.45) is 5.41 Å². The number of amides is 1. The second-order valence-corrected chi connectivity index (χ2v) is 5.97. The third-order valence-electron chi connectivity index (χ3n) is 4.08. The monoisotopic (exact) mass is 306 g/mol. The molecule has 0 bridgehead atoms. The van der Waals surface area contributed by atoms with Crippen molar-refractivity contribution in [1.29, 1.82) is 0 Å². The smallest absolute Gasteiger partial charge is 0.311 e. The molecule has 2 rings (SSSR count). The molecule has 22 heavy (non-hydrogen) atoms. The van der Waals surface area contributed by atoms with Gasteiger partial charge in [-0.15, -0.1) is 0 Å². The summed E-state index contributed by atoms with van der Waals surface area (Å²) in [5.74, 6) is -1.44. The highest BCUT2D eigenvalue weighted by Crippen LogP contribution is 2.31. The van der Waals surface area contributed by atoms with E-state index in [0.29, 0.717) is 19.4 Å². The van der Waals surface area contributed by atoms with Gasteiger partial charge in [-0.3, -0.25) is 19.7 Å². The third kappa shape index (κ3) is 2.93. The van der Waals surface area contributed by atoms with E-state index in [1.54, 1.807) is 19.9 Å². The van der Waals surface area contributed by atoms with Crippen molar-refractivity contribution in [3.8, 4) is 0 Å². The predicted octanol–water partition coefficient (Wildman–Crippen LogP) is 2.23. The molecule has 7 nitrogen and oxygen atoms in total. The van der Waals surface area contributed by atoms with Crippen LogP contribution in [0.1, 0.15) is 35.7 Å². The van der Waals surface area contributed by atoms with Gasteiger partial charge in [-0.2, -0.15) is 0 Å². The van der Waals surface area contributed by atoms with Crippen molar-refractivity contribution < 1.29 is 19.6 Å². The van der Waals surface area contributed by atoms with E-state index in [0.717, 1.165) is 5.56 Å². The maximum atomic E-state index is 12.6. The van der Waals surface area contributed by atoms with Gasteiger partial charge in [0.15, 0.2) is 0 Å². The van der Waals surface area contributed by atoms with Crippen molar-refractivity contribution in [2.45, 2.75) is 26.7 Å². The molecule has 1 aliphatic heterocycles. The van der Waals surface area contributed by atoms with Crippen LogP contribution in [0.5, 0.6) is 0 Å². The second kappa shape index (κ2) is 5.75. The summed E-state index contributed by atoms with van der Waals surface area (Å²) in [6, 6.07) is 4.36. The molecule has 1 N–H and O–H groups in total. The molecule has 1 aromatic carbocycles. The minimum Gasteiger partial charge on any atom is -0.481 e. The Balaban J connectivity index is 2.34. The predicted molar refractivity (Wildman–Crippen MR) is 78.7 cm³/mol. The van der Waals surface area contributed by atoms with E-state index in [1.165, 1.54) is 17.0 Å². The van der Waals surface area contributed by atoms with E-state index in [4.69, 9.17) is 0 Å². The summed E-state index contributed by atoms with van der Waals surface area (Å²) in [4.78, 5) is 35.9. The van der Waals surface area contributed by atoms with E-state index in [2.05, 4.69) is 0 Å². The molecule has 1 unspecified atom stereocenters. The molecule has 1 aliphatic rings. The SMILES string of the molecule is Cc1ccc([N+](=O)[O-])c(C(=O)N2CCCC(C)(C(=O)O)C2)c1. The molecule has 1 atom stereocenters. The number of likely N-dealkylation sites (tertiary alicyclic amines) is 1. The molecule has 1 heterocycles. The molecular weight excluding hydrogens is 288 g/mol. The molecule has 1 aromatic rings. The molecule has 0 radical (unpaired) electrons. The van der Waals surface area contributed by atoms with Gasteiger partial charge in [-0.25, -0.2) is 0 Å². The number of nitro benzene ring substituents is 1. The molecule has 118 valence electrons. The van der Waals surface area contributed by atoms with Gasteiger partial charge in [0.1, 0.15) is 5.56 Å². The molecular formula is C15H18N2O5. The molecule has 1 amide bonds. The standard InChI is InChI=1S/C15H18N2O5/c1-10-4-5-12(17(21)22)11(8-10)13(18)16-7-3-6-15(2,9-16)14(19)20/h4-5,8H,3,6-7,9H2,1-2H3,(H,19,20). The van der Waals surface area contributed by atoms with Gasteiger partial charge in [-0.1, -0.05) is 6.07 Å². The molecule has 0 spiro atoms. The lowest BCUT2D eigenvalue weighted by atomic mass is 9.82. The number of rotatable bonds is 3. The number of carboxylic acids is 1. The summed E-state index contributed by atoms with van der Waals surface area (Å²) in [6.45, 7) is 3.82. The maximum Gasteiger partial charge on any atom is 0.311 e. The number of nitro groups is 1. The number of carbonyl (C=O) groups is 2. The molecule has 0 aromatic heterocycles. The highest BCUT2D eigenvalue weighted by Gasteiger charge is 2.40. The van der Waals surface area contributed by atoms with Gasteiger partial charge < -0.3 is 10.0 Å². The topological polar surface area (TPSA) is 101 Å². The maximum absolute atomic E-state index is 12.6. The van der Waals surface area contributed by atoms with E-state index in [-0.39, 0.29) is 17.8 Å². The zero-order valence-corrected chi connectivity index (χ0v) is 12.5. The number of aliphatic carboxylic acids is 1. The summed E-state index contributed by atoms with van der Waals surface area (Å²) in [7, 11) is 0. The number of carboxylic acid groups (broad SMARTS) is 1. The fourth-order valence-electron chi connectivity index (χ4n) is 2.74. The molecule has 1 fully saturated rings. The lowest BCUT2D eigenvalue weighted by molar-refractivity contribution is -0.385. The molecule has 0 aliphatic carbocycles. The van der Waals surface area contributed by atoms with Crippen LogP contribution in [0.15, 0.2) is 18.2 Å². The Kier molecular flexibility index (Phi) is 4.16. The Bertz CT molecular complexity index is 643. The van der Waals surface area contributed by atoms with Gasteiger partial charge in [0.2, 0.25) is 0 Å². The van der Waals surface area contributed by atoms with Gasteiger partial charge >= 0.3 is 5.97 Å². The Hall–Kier alpha value is -2.44. The Labute approximate surface area is 127 Å². The first-order valence-electron chi connectivity index (χ1n) is 7.02. The minimum absolute atomic E-state index is 0.0136. The van der Waals surface area contributed by atoms with Crippen molar-refractivity contribution in [2.75, 3.05) is 13.1 Å². The fraction of sp³-hybridized carbons (Fsp3) is 0.467. The van der Waals surface area contributed by atoms with Crippen molar-refractivity contribution in [1.82, 2.24) is 4.90 Å². The number of benzene rings is 1. The quantitative estimate of drug-likeness (QED) is 0.681. The Morgan fingerprint density at radius 1 is 1.41 bits per heavy atom. The van der Waals surface area contributed by atoms with Crippen molar-refractivity contribution in [3.63, 3.8) is 0 Å². The van der Waals surface area contributed by atoms with Gasteiger partial charge in [0, 0.05) is 19.2 Å². The van der Waals surface area contributed by atoms with E-state index < -0.39 is 22.2 Å². The number of hydrogen-bond donors (Lipinski definition) is 1. The number of hydrogen-bond acceptors (Lipinski definition) is 4. The van der Waals surface area contributed by atoms with Crippen molar-refractivity contribution >= 4 is 17.6 Å². The minimum atomic E-state index is -1.01. The van der Waals surface area contributed by atoms with E-state index in [9.17, 15) is 24.8 Å². The number of carbonyl (C=O) groups excluding carboxylic acids is 1. The number of nitrogens with zero attached hydrogens (tertiary/aromatic N) is 2. The Morgan fingerprint density at radius 2 is 2.09 bits per heavy atom. The lowest BCUT2D eigenvalue weighted by Gasteiger charge is -2.37. The summed E-state index contributed by atoms with van der Waals surface area (Å²) in [6.07, 6.45) is 1.05. The zero-order valence-electron chi connectivity index (χ0n) is 12.5. The average molecular weight is 306 g/mol. The summed E-state index contributed by atoms with van der Waals surface area (Å²) < 4.78 is 0. The van der Waals surface area contributed by atoms with Crippen LogP contribution >= 0.6 is 0 Å². The third-order valence-corrected chi connectivity index (χ3v) is 4.08. The lowest BCUT2D eigenvalue weighted by Crippen LogP contribution is -2.48. The first-order chi connectivity index (χ1) is 10.2. The van der Waals surface area contributed by atoms with Gasteiger partial charge in [0.25, 0.3) is 11.6 Å². The van der Waals surface area contributed by atoms with Crippen molar-refractivity contribution in [3.05, 3.63) is 39.4 Å². The number of piperidine rings is 1. The van der Waals surface area contributed by atoms with Crippen LogP contribution in [0.4, 0.5) is 5.69 Å². The van der Waals surface area contributed by atoms with Crippen LogP contribution in [0.2, 0.25) is 0 Å². The van der Waals surface area contributed by atoms with Crippen LogP contribution in [0.3, 0.4) is 0 Å². The first-order valence-corrected chi connectivity index (χ1v) is 7.02. The summed E-state index contributed by atoms with van der Waals surface area (Å²) in [5, 5.41) is 20.4. The summed E-state index contributed by atoms with van der Waals surface area (Å²) in [5.41, 5.74) is -0.503. The van der Waals surface area contributed by atoms with Crippen LogP contribution in [-0.2, 0) is 4.79 Å². The van der Waals surface area contributed by atoms with Crippen LogP contribution in [-0.4, -0.2) is 39.9 Å². The number of aryl methyl sites for hydroxylation is 1. The van der Waals surface area contributed by atoms with Gasteiger partial charge in [0.05, 0.1) is 10.3 Å². The van der Waals surface area contributed by atoms with Crippen LogP contribution in [0, 0.1) is 22.5 Å². The highest BCUT2D eigenvalue weighted by atomic mass is 16.6. The Morgan fingerprint density at radius 3 is 2.68 bits per heavy atom. The second-order valence-electron chi connectivity index (χ2n) is 5.97. The normalized spacial score (nSPS) is 21.5. The van der Waals surface area contributed by atoms with Gasteiger partial charge in [-0.05, 0) is 38.3 Å². The zero-order chi connectivity index (χ0) is 16.5. The molecule has 1 saturated heterocycles. The largest absolute Gasteiger partial charge is 0.481 e. The van der Waals surface area contributed by atoms with Crippen LogP contribution in [0.25, 0.3) is 0 Å². The highest BCUT2D eigenvalue weighted by molar-refractivity contribution is 5.98. The summed E-state index contributed by atoms with van der Waals surface area (Å²) >= 11 is 0. The average Bonchev–Trinajstić information content (AvgIpc) is 2.46. The van der Waals surface area contributed by atoms with Crippen LogP contribution < -0.4 is 0 Å². The van der Waals surface area contributed by atoms with E-state index in [1.807, 2.05) is 0 Å². The molecule has 0 saturated carbocycles. The first kappa shape index (κ1) is 15.9. The molecule has 7 heteroatoms. The fourth-order valence-corrected chi connectivity index (χ4v) is 2.74. The van der Waals surface area contributed by atoms with E-state index >= 15 is 0 Å².